The zero-order valence-electron chi connectivity index (χ0n) is 13.7. The standard InChI is InChI=1S/C17H18N4O2S/c1-10(2)19-17(23)21-14-7-5-4-6-12(14)15(22)13(8-18)16-20-11(3)9-24-16/h4-7,9-10,13H,1-3H3,(H2,19,21,23). The van der Waals surface area contributed by atoms with Crippen molar-refractivity contribution in [1.82, 2.24) is 10.3 Å². The van der Waals surface area contributed by atoms with Crippen molar-refractivity contribution < 1.29 is 9.59 Å². The molecule has 1 atom stereocenters. The van der Waals surface area contributed by atoms with Crippen molar-refractivity contribution in [3.05, 3.63) is 45.9 Å². The SMILES string of the molecule is Cc1csc(C(C#N)C(=O)c2ccccc2NC(=O)NC(C)C)n1. The molecule has 2 amide bonds. The Morgan fingerprint density at radius 2 is 2.00 bits per heavy atom. The van der Waals surface area contributed by atoms with Crippen LogP contribution in [0, 0.1) is 18.3 Å². The number of nitrogens with one attached hydrogen (secondary N) is 2. The van der Waals surface area contributed by atoms with Crippen LogP contribution in [-0.4, -0.2) is 22.8 Å². The van der Waals surface area contributed by atoms with Gasteiger partial charge in [0, 0.05) is 22.7 Å². The largest absolute Gasteiger partial charge is 0.336 e. The first kappa shape index (κ1) is 17.6. The van der Waals surface area contributed by atoms with E-state index in [4.69, 9.17) is 0 Å². The molecule has 1 aromatic heterocycles. The molecule has 0 saturated carbocycles. The van der Waals surface area contributed by atoms with E-state index in [2.05, 4.69) is 15.6 Å². The highest BCUT2D eigenvalue weighted by Crippen LogP contribution is 2.27. The van der Waals surface area contributed by atoms with Crippen LogP contribution in [0.25, 0.3) is 0 Å². The first-order valence-electron chi connectivity index (χ1n) is 7.44. The van der Waals surface area contributed by atoms with Crippen LogP contribution in [0.5, 0.6) is 0 Å². The normalized spacial score (nSPS) is 11.6. The summed E-state index contributed by atoms with van der Waals surface area (Å²) in [6, 6.07) is 8.23. The fourth-order valence-electron chi connectivity index (χ4n) is 2.11. The molecule has 2 aromatic rings. The highest BCUT2D eigenvalue weighted by atomic mass is 32.1. The summed E-state index contributed by atoms with van der Waals surface area (Å²) < 4.78 is 0. The fraction of sp³-hybridized carbons (Fsp3) is 0.294. The number of thiazole rings is 1. The molecule has 2 rings (SSSR count). The second kappa shape index (κ2) is 7.70. The number of para-hydroxylation sites is 1. The monoisotopic (exact) mass is 342 g/mol. The number of aryl methyl sites for hydroxylation is 1. The third-order valence-corrected chi connectivity index (χ3v) is 4.16. The minimum absolute atomic E-state index is 0.0296. The average molecular weight is 342 g/mol. The summed E-state index contributed by atoms with van der Waals surface area (Å²) in [5.74, 6) is -1.37. The molecule has 7 heteroatoms. The van der Waals surface area contributed by atoms with Crippen LogP contribution < -0.4 is 10.6 Å². The van der Waals surface area contributed by atoms with E-state index >= 15 is 0 Å². The number of Topliss-reactive ketones (excluding diaryl/α,β-unsaturated/α-hetero) is 1. The van der Waals surface area contributed by atoms with Crippen molar-refractivity contribution in [2.24, 2.45) is 0 Å². The van der Waals surface area contributed by atoms with Gasteiger partial charge >= 0.3 is 6.03 Å². The van der Waals surface area contributed by atoms with Gasteiger partial charge < -0.3 is 10.6 Å². The lowest BCUT2D eigenvalue weighted by molar-refractivity contribution is 0.0979. The highest BCUT2D eigenvalue weighted by Gasteiger charge is 2.26. The van der Waals surface area contributed by atoms with Crippen LogP contribution in [0.4, 0.5) is 10.5 Å². The molecule has 1 unspecified atom stereocenters. The van der Waals surface area contributed by atoms with E-state index in [1.165, 1.54) is 11.3 Å². The highest BCUT2D eigenvalue weighted by molar-refractivity contribution is 7.10. The van der Waals surface area contributed by atoms with Gasteiger partial charge in [-0.3, -0.25) is 4.79 Å². The van der Waals surface area contributed by atoms with E-state index in [-0.39, 0.29) is 17.4 Å². The van der Waals surface area contributed by atoms with Gasteiger partial charge in [-0.05, 0) is 32.9 Å². The van der Waals surface area contributed by atoms with E-state index in [0.29, 0.717) is 10.7 Å². The van der Waals surface area contributed by atoms with Gasteiger partial charge in [0.15, 0.2) is 11.7 Å². The van der Waals surface area contributed by atoms with Crippen molar-refractivity contribution in [1.29, 1.82) is 5.26 Å². The average Bonchev–Trinajstić information content (AvgIpc) is 2.93. The Morgan fingerprint density at radius 3 is 2.58 bits per heavy atom. The summed E-state index contributed by atoms with van der Waals surface area (Å²) in [7, 11) is 0. The number of ketones is 1. The predicted octanol–water partition coefficient (Wildman–Crippen LogP) is 3.47. The second-order valence-electron chi connectivity index (χ2n) is 5.55. The number of hydrogen-bond donors (Lipinski definition) is 2. The van der Waals surface area contributed by atoms with Gasteiger partial charge in [-0.1, -0.05) is 12.1 Å². The molecule has 124 valence electrons. The van der Waals surface area contributed by atoms with Crippen molar-refractivity contribution in [3.8, 4) is 6.07 Å². The first-order valence-corrected chi connectivity index (χ1v) is 8.32. The molecule has 1 heterocycles. The van der Waals surface area contributed by atoms with E-state index in [0.717, 1.165) is 5.69 Å². The van der Waals surface area contributed by atoms with Gasteiger partial charge in [0.1, 0.15) is 5.01 Å². The molecule has 1 aromatic carbocycles. The van der Waals surface area contributed by atoms with E-state index in [1.54, 1.807) is 29.6 Å². The zero-order chi connectivity index (χ0) is 17.7. The number of aromatic nitrogens is 1. The van der Waals surface area contributed by atoms with Gasteiger partial charge in [-0.15, -0.1) is 11.3 Å². The Morgan fingerprint density at radius 1 is 1.29 bits per heavy atom. The topological polar surface area (TPSA) is 94.9 Å². The number of amides is 2. The first-order chi connectivity index (χ1) is 11.4. The van der Waals surface area contributed by atoms with E-state index < -0.39 is 11.9 Å². The number of hydrogen-bond acceptors (Lipinski definition) is 5. The minimum Gasteiger partial charge on any atom is -0.336 e. The lowest BCUT2D eigenvalue weighted by atomic mass is 9.98. The van der Waals surface area contributed by atoms with Gasteiger partial charge in [0.2, 0.25) is 0 Å². The molecular weight excluding hydrogens is 324 g/mol. The maximum Gasteiger partial charge on any atom is 0.319 e. The Balaban J connectivity index is 2.29. The number of rotatable bonds is 5. The summed E-state index contributed by atoms with van der Waals surface area (Å²) in [5, 5.41) is 17.0. The van der Waals surface area contributed by atoms with Crippen LogP contribution >= 0.6 is 11.3 Å². The van der Waals surface area contributed by atoms with Crippen LogP contribution in [0.2, 0.25) is 0 Å². The fourth-order valence-corrected chi connectivity index (χ4v) is 2.95. The summed E-state index contributed by atoms with van der Waals surface area (Å²) in [6.45, 7) is 5.49. The summed E-state index contributed by atoms with van der Waals surface area (Å²) >= 11 is 1.28. The second-order valence-corrected chi connectivity index (χ2v) is 6.44. The molecule has 0 spiro atoms. The number of carbonyl (C=O) groups excluding carboxylic acids is 2. The number of anilines is 1. The Hall–Kier alpha value is -2.72. The van der Waals surface area contributed by atoms with Crippen molar-refractivity contribution in [3.63, 3.8) is 0 Å². The van der Waals surface area contributed by atoms with Gasteiger partial charge in [0.05, 0.1) is 11.8 Å². The Kier molecular flexibility index (Phi) is 5.66. The predicted molar refractivity (Wildman–Crippen MR) is 93.3 cm³/mol. The molecule has 2 N–H and O–H groups in total. The summed E-state index contributed by atoms with van der Waals surface area (Å²) in [6.07, 6.45) is 0. The van der Waals surface area contributed by atoms with Gasteiger partial charge in [-0.25, -0.2) is 9.78 Å². The van der Waals surface area contributed by atoms with Crippen molar-refractivity contribution >= 4 is 28.8 Å². The van der Waals surface area contributed by atoms with Crippen LogP contribution in [-0.2, 0) is 0 Å². The van der Waals surface area contributed by atoms with Gasteiger partial charge in [0.25, 0.3) is 0 Å². The molecule has 24 heavy (non-hydrogen) atoms. The third kappa shape index (κ3) is 4.18. The number of carbonyl (C=O) groups is 2. The quantitative estimate of drug-likeness (QED) is 0.813. The van der Waals surface area contributed by atoms with Gasteiger partial charge in [-0.2, -0.15) is 5.26 Å². The Labute approximate surface area is 144 Å². The number of benzene rings is 1. The zero-order valence-corrected chi connectivity index (χ0v) is 14.5. The maximum absolute atomic E-state index is 12.8. The lowest BCUT2D eigenvalue weighted by Gasteiger charge is -2.14. The molecule has 0 bridgehead atoms. The molecule has 0 radical (unpaired) electrons. The molecule has 6 nitrogen and oxygen atoms in total. The van der Waals surface area contributed by atoms with Crippen LogP contribution in [0.15, 0.2) is 29.6 Å². The lowest BCUT2D eigenvalue weighted by Crippen LogP contribution is -2.34. The van der Waals surface area contributed by atoms with Crippen molar-refractivity contribution in [2.75, 3.05) is 5.32 Å². The number of nitrogens with zero attached hydrogens (tertiary/aromatic N) is 2. The van der Waals surface area contributed by atoms with Crippen LogP contribution in [0.1, 0.15) is 40.8 Å². The molecular formula is C17H18N4O2S. The Bertz CT molecular complexity index is 792. The number of urea groups is 1. The van der Waals surface area contributed by atoms with E-state index in [9.17, 15) is 14.9 Å². The molecule has 0 aliphatic carbocycles. The summed E-state index contributed by atoms with van der Waals surface area (Å²) in [5.41, 5.74) is 1.43. The molecule has 0 fully saturated rings. The molecule has 0 saturated heterocycles. The maximum atomic E-state index is 12.8. The minimum atomic E-state index is -0.986. The molecule has 0 aliphatic rings. The van der Waals surface area contributed by atoms with Crippen LogP contribution in [0.3, 0.4) is 0 Å². The number of nitriles is 1. The van der Waals surface area contributed by atoms with Crippen molar-refractivity contribution in [2.45, 2.75) is 32.7 Å². The molecule has 0 aliphatic heterocycles. The smallest absolute Gasteiger partial charge is 0.319 e. The van der Waals surface area contributed by atoms with E-state index in [1.807, 2.05) is 26.8 Å². The summed E-state index contributed by atoms with van der Waals surface area (Å²) in [4.78, 5) is 28.9. The third-order valence-electron chi connectivity index (χ3n) is 3.14.